The molecule has 1 saturated heterocycles. The highest BCUT2D eigenvalue weighted by Gasteiger charge is 2.36. The van der Waals surface area contributed by atoms with Crippen LogP contribution in [0.5, 0.6) is 0 Å². The van der Waals surface area contributed by atoms with Crippen LogP contribution in [0, 0.1) is 11.3 Å². The van der Waals surface area contributed by atoms with Gasteiger partial charge in [0.05, 0.1) is 34.9 Å². The zero-order valence-electron chi connectivity index (χ0n) is 17.0. The van der Waals surface area contributed by atoms with Crippen LogP contribution in [0.3, 0.4) is 0 Å². The number of nitrogens with zero attached hydrogens (tertiary/aromatic N) is 2. The Labute approximate surface area is 187 Å². The molecule has 0 spiro atoms. The summed E-state index contributed by atoms with van der Waals surface area (Å²) in [6.07, 6.45) is 2.00. The normalized spacial score (nSPS) is 16.5. The van der Waals surface area contributed by atoms with E-state index in [1.165, 1.54) is 5.56 Å². The lowest BCUT2D eigenvalue weighted by Gasteiger charge is -2.41. The van der Waals surface area contributed by atoms with Crippen molar-refractivity contribution in [2.45, 2.75) is 24.9 Å². The summed E-state index contributed by atoms with van der Waals surface area (Å²) < 4.78 is 6.33. The van der Waals surface area contributed by atoms with E-state index in [0.717, 1.165) is 42.3 Å². The fourth-order valence-corrected chi connectivity index (χ4v) is 4.62. The first kappa shape index (κ1) is 21.2. The lowest BCUT2D eigenvalue weighted by molar-refractivity contribution is 0.0412. The molecule has 0 unspecified atom stereocenters. The van der Waals surface area contributed by atoms with Crippen molar-refractivity contribution in [1.82, 2.24) is 4.90 Å². The number of fused-ring (bicyclic) bond motifs is 1. The topological polar surface area (TPSA) is 36.3 Å². The predicted octanol–water partition coefficient (Wildman–Crippen LogP) is 6.20. The van der Waals surface area contributed by atoms with Gasteiger partial charge in [0.2, 0.25) is 0 Å². The molecular formula is C25H24Cl2N2O. The van der Waals surface area contributed by atoms with Crippen LogP contribution in [0.25, 0.3) is 10.8 Å². The van der Waals surface area contributed by atoms with Gasteiger partial charge in [-0.25, -0.2) is 0 Å². The summed E-state index contributed by atoms with van der Waals surface area (Å²) in [5.41, 5.74) is 2.79. The van der Waals surface area contributed by atoms with Gasteiger partial charge >= 0.3 is 0 Å². The van der Waals surface area contributed by atoms with E-state index in [1.54, 1.807) is 0 Å². The highest BCUT2D eigenvalue weighted by atomic mass is 35.5. The predicted molar refractivity (Wildman–Crippen MR) is 123 cm³/mol. The number of nitriles is 1. The molecule has 0 bridgehead atoms. The fraction of sp³-hybridized carbons (Fsp3) is 0.320. The number of hydrogen-bond acceptors (Lipinski definition) is 3. The smallest absolute Gasteiger partial charge is 0.0991 e. The molecule has 1 aliphatic heterocycles. The third-order valence-corrected chi connectivity index (χ3v) is 6.93. The Hall–Kier alpha value is -2.09. The highest BCUT2D eigenvalue weighted by molar-refractivity contribution is 6.42. The fourth-order valence-electron chi connectivity index (χ4n) is 4.32. The molecule has 0 atom stereocenters. The van der Waals surface area contributed by atoms with Gasteiger partial charge in [-0.1, -0.05) is 53.5 Å². The molecule has 154 valence electrons. The highest BCUT2D eigenvalue weighted by Crippen LogP contribution is 2.38. The average Bonchev–Trinajstić information content (AvgIpc) is 2.77. The molecule has 0 aliphatic carbocycles. The third kappa shape index (κ3) is 4.33. The number of ether oxygens (including phenoxy) is 1. The van der Waals surface area contributed by atoms with Crippen LogP contribution < -0.4 is 0 Å². The van der Waals surface area contributed by atoms with Crippen molar-refractivity contribution in [2.24, 2.45) is 0 Å². The second kappa shape index (κ2) is 8.96. The standard InChI is InChI=1S/C25H24Cl2N2O/c1-29-10-8-25(9-11-29,21-6-7-23(26)24(27)14-21)17-30-16-20-13-18(15-28)12-19-4-2-3-5-22(19)20/h2-7,12-14H,8-11,16-17H2,1H3. The van der Waals surface area contributed by atoms with Crippen molar-refractivity contribution >= 4 is 34.0 Å². The number of benzene rings is 3. The molecule has 0 amide bonds. The van der Waals surface area contributed by atoms with Gasteiger partial charge in [0.25, 0.3) is 0 Å². The molecule has 1 heterocycles. The summed E-state index contributed by atoms with van der Waals surface area (Å²) in [5, 5.41) is 12.7. The van der Waals surface area contributed by atoms with Crippen LogP contribution >= 0.6 is 23.2 Å². The largest absolute Gasteiger partial charge is 0.376 e. The van der Waals surface area contributed by atoms with E-state index in [0.29, 0.717) is 28.8 Å². The number of piperidine rings is 1. The molecule has 0 radical (unpaired) electrons. The molecule has 1 fully saturated rings. The Morgan fingerprint density at radius 1 is 1.03 bits per heavy atom. The summed E-state index contributed by atoms with van der Waals surface area (Å²) in [6, 6.07) is 20.2. The Morgan fingerprint density at radius 2 is 1.80 bits per heavy atom. The van der Waals surface area contributed by atoms with Crippen LogP contribution in [-0.4, -0.2) is 31.6 Å². The maximum absolute atomic E-state index is 9.39. The van der Waals surface area contributed by atoms with Gasteiger partial charge in [0.15, 0.2) is 0 Å². The summed E-state index contributed by atoms with van der Waals surface area (Å²) in [6.45, 7) is 3.09. The molecule has 0 N–H and O–H groups in total. The quantitative estimate of drug-likeness (QED) is 0.475. The van der Waals surface area contributed by atoms with Gasteiger partial charge in [-0.3, -0.25) is 0 Å². The van der Waals surface area contributed by atoms with Gasteiger partial charge in [-0.15, -0.1) is 0 Å². The van der Waals surface area contributed by atoms with Gasteiger partial charge < -0.3 is 9.64 Å². The maximum Gasteiger partial charge on any atom is 0.0991 e. The molecule has 1 aliphatic rings. The molecule has 4 rings (SSSR count). The maximum atomic E-state index is 9.39. The van der Waals surface area contributed by atoms with Gasteiger partial charge in [0.1, 0.15) is 0 Å². The Kier molecular flexibility index (Phi) is 6.32. The minimum atomic E-state index is -0.0939. The van der Waals surface area contributed by atoms with Crippen LogP contribution in [0.1, 0.15) is 29.5 Å². The molecule has 3 nitrogen and oxygen atoms in total. The van der Waals surface area contributed by atoms with E-state index in [9.17, 15) is 5.26 Å². The molecular weight excluding hydrogens is 415 g/mol. The van der Waals surface area contributed by atoms with Crippen molar-refractivity contribution in [1.29, 1.82) is 5.26 Å². The van der Waals surface area contributed by atoms with Crippen LogP contribution in [0.4, 0.5) is 0 Å². The molecule has 3 aromatic carbocycles. The van der Waals surface area contributed by atoms with Crippen molar-refractivity contribution in [3.05, 3.63) is 81.3 Å². The van der Waals surface area contributed by atoms with E-state index in [1.807, 2.05) is 42.5 Å². The first-order valence-corrected chi connectivity index (χ1v) is 10.9. The average molecular weight is 439 g/mol. The van der Waals surface area contributed by atoms with E-state index >= 15 is 0 Å². The van der Waals surface area contributed by atoms with Crippen LogP contribution in [0.15, 0.2) is 54.6 Å². The van der Waals surface area contributed by atoms with E-state index < -0.39 is 0 Å². The van der Waals surface area contributed by atoms with Crippen molar-refractivity contribution in [3.63, 3.8) is 0 Å². The first-order chi connectivity index (χ1) is 14.5. The van der Waals surface area contributed by atoms with Crippen LogP contribution in [0.2, 0.25) is 10.0 Å². The zero-order valence-corrected chi connectivity index (χ0v) is 18.5. The van der Waals surface area contributed by atoms with Crippen molar-refractivity contribution < 1.29 is 4.74 Å². The monoisotopic (exact) mass is 438 g/mol. The molecule has 3 aromatic rings. The van der Waals surface area contributed by atoms with Crippen molar-refractivity contribution in [2.75, 3.05) is 26.7 Å². The molecule has 0 saturated carbocycles. The molecule has 5 heteroatoms. The van der Waals surface area contributed by atoms with E-state index in [2.05, 4.69) is 30.1 Å². The van der Waals surface area contributed by atoms with Crippen LogP contribution in [-0.2, 0) is 16.8 Å². The number of rotatable bonds is 5. The summed E-state index contributed by atoms with van der Waals surface area (Å²) in [7, 11) is 2.15. The second-order valence-corrected chi connectivity index (χ2v) is 8.99. The number of halogens is 2. The summed E-state index contributed by atoms with van der Waals surface area (Å²) in [5.74, 6) is 0. The third-order valence-electron chi connectivity index (χ3n) is 6.19. The lowest BCUT2D eigenvalue weighted by atomic mass is 9.73. The molecule has 30 heavy (non-hydrogen) atoms. The van der Waals surface area contributed by atoms with Gasteiger partial charge in [0, 0.05) is 5.41 Å². The zero-order chi connectivity index (χ0) is 21.1. The first-order valence-electron chi connectivity index (χ1n) is 10.1. The number of likely N-dealkylation sites (tertiary alicyclic amines) is 1. The SMILES string of the molecule is CN1CCC(COCc2cc(C#N)cc3ccccc23)(c2ccc(Cl)c(Cl)c2)CC1. The van der Waals surface area contributed by atoms with E-state index in [4.69, 9.17) is 27.9 Å². The second-order valence-electron chi connectivity index (χ2n) is 8.17. The van der Waals surface area contributed by atoms with E-state index in [-0.39, 0.29) is 5.41 Å². The Morgan fingerprint density at radius 3 is 2.53 bits per heavy atom. The minimum Gasteiger partial charge on any atom is -0.376 e. The summed E-state index contributed by atoms with van der Waals surface area (Å²) >= 11 is 12.5. The number of hydrogen-bond donors (Lipinski definition) is 0. The Balaban J connectivity index is 1.59. The van der Waals surface area contributed by atoms with Gasteiger partial charge in [-0.2, -0.15) is 5.26 Å². The Bertz CT molecular complexity index is 1100. The molecule has 0 aromatic heterocycles. The minimum absolute atomic E-state index is 0.0939. The summed E-state index contributed by atoms with van der Waals surface area (Å²) in [4.78, 5) is 2.35. The van der Waals surface area contributed by atoms with Gasteiger partial charge in [-0.05, 0) is 79.1 Å². The lowest BCUT2D eigenvalue weighted by Crippen LogP contribution is -2.43. The van der Waals surface area contributed by atoms with Crippen molar-refractivity contribution in [3.8, 4) is 6.07 Å².